The van der Waals surface area contributed by atoms with Gasteiger partial charge in [-0.05, 0) is 38.9 Å². The fourth-order valence-corrected chi connectivity index (χ4v) is 4.99. The number of amides is 2. The molecule has 304 valence electrons. The van der Waals surface area contributed by atoms with Crippen LogP contribution in [0.15, 0.2) is 41.3 Å². The summed E-state index contributed by atoms with van der Waals surface area (Å²) in [6, 6.07) is 1.79. The number of rotatable bonds is 16. The van der Waals surface area contributed by atoms with E-state index in [4.69, 9.17) is 35.5 Å². The largest absolute Gasteiger partial charge is 0.490 e. The molecule has 9 N–H and O–H groups in total. The van der Waals surface area contributed by atoms with Crippen LogP contribution in [0, 0.1) is 0 Å². The summed E-state index contributed by atoms with van der Waals surface area (Å²) in [5, 5.41) is 27.7. The van der Waals surface area contributed by atoms with Crippen molar-refractivity contribution < 1.29 is 69.4 Å². The zero-order chi connectivity index (χ0) is 41.7. The summed E-state index contributed by atoms with van der Waals surface area (Å²) in [5.41, 5.74) is 9.17. The van der Waals surface area contributed by atoms with E-state index in [2.05, 4.69) is 35.0 Å². The molecule has 1 aliphatic heterocycles. The van der Waals surface area contributed by atoms with Crippen LogP contribution >= 0.6 is 11.3 Å². The molecule has 27 heteroatoms. The average Bonchev–Trinajstić information content (AvgIpc) is 3.75. The smallest absolute Gasteiger partial charge is 0.487 e. The van der Waals surface area contributed by atoms with Gasteiger partial charge in [0.15, 0.2) is 10.8 Å². The molecule has 3 aromatic heterocycles. The Morgan fingerprint density at radius 2 is 1.84 bits per heavy atom. The number of hydrogen-bond acceptors (Lipinski definition) is 17. The Kier molecular flexibility index (Phi) is 16.2. The summed E-state index contributed by atoms with van der Waals surface area (Å²) >= 11 is 0.947. The van der Waals surface area contributed by atoms with Crippen LogP contribution < -0.4 is 26.8 Å². The number of nitrogens with one attached hydrogen (secondary N) is 2. The number of thiazole rings is 1. The predicted molar refractivity (Wildman–Crippen MR) is 185 cm³/mol. The van der Waals surface area contributed by atoms with Gasteiger partial charge in [0.2, 0.25) is 5.95 Å². The van der Waals surface area contributed by atoms with Gasteiger partial charge < -0.3 is 46.5 Å². The number of alkyl halides is 3. The van der Waals surface area contributed by atoms with Gasteiger partial charge in [0, 0.05) is 24.3 Å². The molecule has 22 nitrogen and oxygen atoms in total. The molecule has 1 aliphatic rings. The Labute approximate surface area is 314 Å². The van der Waals surface area contributed by atoms with Gasteiger partial charge >= 0.3 is 28.5 Å². The summed E-state index contributed by atoms with van der Waals surface area (Å²) in [4.78, 5) is 64.0. The van der Waals surface area contributed by atoms with Crippen LogP contribution in [0.1, 0.15) is 39.8 Å². The quantitative estimate of drug-likeness (QED) is 0.0461. The zero-order valence-corrected chi connectivity index (χ0v) is 30.9. The number of anilines is 3. The molecule has 2 atom stereocenters. The molecule has 0 bridgehead atoms. The van der Waals surface area contributed by atoms with E-state index >= 15 is 0 Å². The number of imidazole rings is 1. The van der Waals surface area contributed by atoms with Crippen molar-refractivity contribution >= 4 is 68.1 Å². The predicted octanol–water partition coefficient (Wildman–Crippen LogP) is 1.16. The number of ether oxygens (including phenoxy) is 1. The van der Waals surface area contributed by atoms with E-state index in [-0.39, 0.29) is 16.6 Å². The number of aromatic nitrogens is 4. The van der Waals surface area contributed by atoms with Crippen molar-refractivity contribution in [3.05, 3.63) is 41.8 Å². The van der Waals surface area contributed by atoms with Crippen molar-refractivity contribution in [1.82, 2.24) is 29.9 Å². The molecule has 0 aliphatic carbocycles. The van der Waals surface area contributed by atoms with Crippen LogP contribution in [0.2, 0.25) is 0 Å². The van der Waals surface area contributed by atoms with Crippen molar-refractivity contribution in [3.8, 4) is 5.75 Å². The van der Waals surface area contributed by atoms with Crippen molar-refractivity contribution in [3.63, 3.8) is 0 Å². The number of aliphatic carboxylic acids is 2. The number of oxime groups is 1. The number of nitrogens with two attached hydrogens (primary N) is 2. The first kappa shape index (κ1) is 45.5. The third-order valence-electron chi connectivity index (χ3n) is 6.59. The van der Waals surface area contributed by atoms with Gasteiger partial charge in [0.1, 0.15) is 29.9 Å². The molecule has 0 saturated carbocycles. The molecule has 1 saturated heterocycles. The maximum Gasteiger partial charge on any atom is 0.490 e. The van der Waals surface area contributed by atoms with E-state index in [1.807, 2.05) is 18.4 Å². The van der Waals surface area contributed by atoms with Crippen LogP contribution in [0.5, 0.6) is 5.75 Å². The minimum Gasteiger partial charge on any atom is -0.487 e. The van der Waals surface area contributed by atoms with Gasteiger partial charge in [-0.1, -0.05) is 19.0 Å². The number of pyridine rings is 1. The van der Waals surface area contributed by atoms with Gasteiger partial charge in [-0.2, -0.15) is 26.7 Å². The van der Waals surface area contributed by atoms with E-state index in [0.717, 1.165) is 17.8 Å². The fourth-order valence-electron chi connectivity index (χ4n) is 3.98. The number of β-lactam (4-membered cyclic amide) rings is 1. The van der Waals surface area contributed by atoms with Crippen molar-refractivity contribution in [1.29, 1.82) is 0 Å². The van der Waals surface area contributed by atoms with Gasteiger partial charge in [-0.3, -0.25) is 14.1 Å². The molecule has 1 fully saturated rings. The molecule has 4 heterocycles. The second kappa shape index (κ2) is 19.6. The first-order valence-corrected chi connectivity index (χ1v) is 17.8. The number of nitrogens with zero attached hydrogens (tertiary/aromatic N) is 6. The van der Waals surface area contributed by atoms with Crippen molar-refractivity contribution in [2.45, 2.75) is 64.5 Å². The molecular formula is C28H37F3N10O12S2. The lowest BCUT2D eigenvalue weighted by Gasteiger charge is -2.50. The third-order valence-corrected chi connectivity index (χ3v) is 7.60. The number of aryl methyl sites for hydroxylation is 1. The zero-order valence-electron chi connectivity index (χ0n) is 29.3. The molecular weight excluding hydrogens is 789 g/mol. The average molecular weight is 827 g/mol. The lowest BCUT2D eigenvalue weighted by Crippen LogP contribution is -2.76. The Balaban J connectivity index is 0.00000104. The molecule has 4 rings (SSSR count). The number of carboxylic acid groups (broad SMARTS) is 2. The maximum absolute atomic E-state index is 13.2. The number of hydroxylamine groups is 2. The lowest BCUT2D eigenvalue weighted by atomic mass is 9.84. The second-order valence-corrected chi connectivity index (χ2v) is 12.7. The highest BCUT2D eigenvalue weighted by atomic mass is 32.3. The van der Waals surface area contributed by atoms with Crippen LogP contribution in [-0.2, 0) is 45.2 Å². The second-order valence-electron chi connectivity index (χ2n) is 10.8. The lowest BCUT2D eigenvalue weighted by molar-refractivity contribution is -0.218. The minimum absolute atomic E-state index is 0.0476. The number of carbonyl (C=O) groups is 4. The minimum atomic E-state index is -5.08. The van der Waals surface area contributed by atoms with Crippen LogP contribution in [-0.4, -0.2) is 114 Å². The number of halogens is 3. The number of carbonyl (C=O) groups excluding carboxylic acids is 2. The Bertz CT molecular complexity index is 1920. The SMILES string of the molecule is CC.CC1(C)C(NC(=O)/C(=N\OC(COc2ccc(Nc3nccn3CCCN)nc2)C(=O)O)c2csc(N)n2)C(=O)N1OS(=O)(=O)O.O=C(O)C(F)(F)F. The molecule has 0 spiro atoms. The highest BCUT2D eigenvalue weighted by Crippen LogP contribution is 2.33. The van der Waals surface area contributed by atoms with E-state index in [9.17, 15) is 41.1 Å². The molecule has 2 amide bonds. The number of hydrogen-bond donors (Lipinski definition) is 7. The van der Waals surface area contributed by atoms with Crippen LogP contribution in [0.4, 0.5) is 30.1 Å². The van der Waals surface area contributed by atoms with E-state index < -0.39 is 70.3 Å². The van der Waals surface area contributed by atoms with Gasteiger partial charge in [-0.15, -0.1) is 15.6 Å². The number of nitrogen functional groups attached to an aromatic ring is 1. The number of carboxylic acids is 2. The molecule has 0 aromatic carbocycles. The molecule has 55 heavy (non-hydrogen) atoms. The van der Waals surface area contributed by atoms with E-state index in [1.54, 1.807) is 18.5 Å². The Morgan fingerprint density at radius 1 is 1.18 bits per heavy atom. The molecule has 0 radical (unpaired) electrons. The summed E-state index contributed by atoms with van der Waals surface area (Å²) in [6.45, 7) is 7.34. The standard InChI is InChI=1S/C24H30N10O10S2.C2HF3O2.C2H6/c1-24(2)18(20(36)34(24)44-46(39,40)41)31-19(35)17(14-12-45-22(26)29-14)32-43-15(21(37)38)11-42-13-4-5-16(28-10-13)30-23-27-7-9-33(23)8-3-6-25;3-2(4,5)1(6)7;1-2/h4-5,7,9-10,12,15,18H,3,6,8,11,25H2,1-2H3,(H2,26,29)(H,31,35)(H,37,38)(H,27,28,30)(H,39,40,41);(H,6,7);1-2H3/b32-17-;;. The van der Waals surface area contributed by atoms with Gasteiger partial charge in [0.05, 0.1) is 11.7 Å². The summed E-state index contributed by atoms with van der Waals surface area (Å²) in [5.74, 6) is -5.08. The Morgan fingerprint density at radius 3 is 2.33 bits per heavy atom. The van der Waals surface area contributed by atoms with E-state index in [0.29, 0.717) is 29.9 Å². The summed E-state index contributed by atoms with van der Waals surface area (Å²) in [6.07, 6.45) is -1.26. The normalized spacial score (nSPS) is 15.6. The topological polar surface area (TPSA) is 326 Å². The maximum atomic E-state index is 13.2. The monoisotopic (exact) mass is 826 g/mol. The van der Waals surface area contributed by atoms with Crippen LogP contribution in [0.3, 0.4) is 0 Å². The van der Waals surface area contributed by atoms with E-state index in [1.165, 1.54) is 31.5 Å². The summed E-state index contributed by atoms with van der Waals surface area (Å²) < 4.78 is 74.5. The van der Waals surface area contributed by atoms with Gasteiger partial charge in [0.25, 0.3) is 17.9 Å². The highest BCUT2D eigenvalue weighted by Gasteiger charge is 2.58. The van der Waals surface area contributed by atoms with Crippen LogP contribution in [0.25, 0.3) is 0 Å². The van der Waals surface area contributed by atoms with Gasteiger partial charge in [-0.25, -0.2) is 24.5 Å². The summed E-state index contributed by atoms with van der Waals surface area (Å²) in [7, 11) is -5.02. The molecule has 3 aromatic rings. The van der Waals surface area contributed by atoms with Crippen molar-refractivity contribution in [2.24, 2.45) is 10.9 Å². The fraction of sp³-hybridized carbons (Fsp3) is 0.429. The highest BCUT2D eigenvalue weighted by molar-refractivity contribution is 7.80. The Hall–Kier alpha value is -5.64. The first-order valence-electron chi connectivity index (χ1n) is 15.5. The van der Waals surface area contributed by atoms with Crippen molar-refractivity contribution in [2.75, 3.05) is 24.2 Å². The molecule has 2 unspecified atom stereocenters. The third kappa shape index (κ3) is 13.3. The first-order chi connectivity index (χ1) is 25.6.